The Morgan fingerprint density at radius 1 is 1.33 bits per heavy atom. The van der Waals surface area contributed by atoms with Crippen LogP contribution < -0.4 is 5.32 Å². The van der Waals surface area contributed by atoms with Crippen LogP contribution in [0.5, 0.6) is 0 Å². The molecular weight excluding hydrogens is 210 g/mol. The number of nitrogens with one attached hydrogen (secondary N) is 1. The van der Waals surface area contributed by atoms with Gasteiger partial charge in [-0.3, -0.25) is 0 Å². The predicted molar refractivity (Wildman–Crippen MR) is 62.1 cm³/mol. The molecule has 1 saturated carbocycles. The maximum Gasteiger partial charge on any atom is 0.0802 e. The molecule has 1 unspecified atom stereocenters. The Bertz CT molecular complexity index is 308. The second-order valence-electron chi connectivity index (χ2n) is 4.08. The van der Waals surface area contributed by atoms with Crippen LogP contribution in [-0.2, 0) is 0 Å². The molecule has 2 nitrogen and oxygen atoms in total. The van der Waals surface area contributed by atoms with Crippen molar-refractivity contribution < 1.29 is 5.11 Å². The Labute approximate surface area is 95.3 Å². The van der Waals surface area contributed by atoms with Crippen LogP contribution in [0.2, 0.25) is 5.02 Å². The fraction of sp³-hybridized carbons (Fsp3) is 0.500. The summed E-state index contributed by atoms with van der Waals surface area (Å²) >= 11 is 5.78. The van der Waals surface area contributed by atoms with Crippen molar-refractivity contribution in [2.45, 2.75) is 31.4 Å². The molecule has 2 rings (SSSR count). The van der Waals surface area contributed by atoms with Gasteiger partial charge in [0.25, 0.3) is 0 Å². The molecule has 1 aromatic rings. The maximum absolute atomic E-state index is 9.86. The number of hydrogen-bond acceptors (Lipinski definition) is 2. The van der Waals surface area contributed by atoms with Gasteiger partial charge < -0.3 is 10.4 Å². The zero-order valence-corrected chi connectivity index (χ0v) is 9.37. The van der Waals surface area contributed by atoms with Crippen molar-refractivity contribution in [2.75, 3.05) is 6.54 Å². The van der Waals surface area contributed by atoms with Crippen LogP contribution in [0.3, 0.4) is 0 Å². The second-order valence-corrected chi connectivity index (χ2v) is 4.52. The van der Waals surface area contributed by atoms with Crippen LogP contribution in [0.25, 0.3) is 0 Å². The summed E-state index contributed by atoms with van der Waals surface area (Å²) in [5, 5.41) is 14.0. The van der Waals surface area contributed by atoms with Crippen LogP contribution in [0, 0.1) is 0 Å². The fourth-order valence-corrected chi connectivity index (χ4v) is 1.69. The molecule has 0 heterocycles. The Morgan fingerprint density at radius 2 is 2.00 bits per heavy atom. The Hall–Kier alpha value is -0.570. The lowest BCUT2D eigenvalue weighted by molar-refractivity contribution is 0.167. The van der Waals surface area contributed by atoms with E-state index < -0.39 is 0 Å². The summed E-state index contributed by atoms with van der Waals surface area (Å²) in [6.07, 6.45) is 2.96. The Morgan fingerprint density at radius 3 is 2.60 bits per heavy atom. The summed E-state index contributed by atoms with van der Waals surface area (Å²) < 4.78 is 0. The fourth-order valence-electron chi connectivity index (χ4n) is 1.56. The molecule has 0 aliphatic heterocycles. The van der Waals surface area contributed by atoms with Gasteiger partial charge in [-0.2, -0.15) is 0 Å². The van der Waals surface area contributed by atoms with Gasteiger partial charge in [0.1, 0.15) is 0 Å². The number of aliphatic hydroxyl groups is 1. The summed E-state index contributed by atoms with van der Waals surface area (Å²) in [6, 6.07) is 8.10. The highest BCUT2D eigenvalue weighted by atomic mass is 35.5. The topological polar surface area (TPSA) is 32.3 Å². The predicted octanol–water partition coefficient (Wildman–Crippen LogP) is 2.52. The molecule has 3 heteroatoms. The monoisotopic (exact) mass is 225 g/mol. The van der Waals surface area contributed by atoms with Crippen LogP contribution in [0.4, 0.5) is 0 Å². The Balaban J connectivity index is 1.78. The molecule has 2 N–H and O–H groups in total. The van der Waals surface area contributed by atoms with Crippen molar-refractivity contribution in [2.24, 2.45) is 0 Å². The van der Waals surface area contributed by atoms with E-state index >= 15 is 0 Å². The van der Waals surface area contributed by atoms with Gasteiger partial charge in [0.2, 0.25) is 0 Å². The minimum Gasteiger partial charge on any atom is -0.388 e. The van der Waals surface area contributed by atoms with Gasteiger partial charge in [0.15, 0.2) is 0 Å². The third-order valence-electron chi connectivity index (χ3n) is 2.68. The van der Waals surface area contributed by atoms with Crippen molar-refractivity contribution in [3.8, 4) is 0 Å². The van der Waals surface area contributed by atoms with Gasteiger partial charge in [-0.05, 0) is 43.5 Å². The molecule has 0 radical (unpaired) electrons. The smallest absolute Gasteiger partial charge is 0.0802 e. The molecule has 15 heavy (non-hydrogen) atoms. The van der Waals surface area contributed by atoms with Crippen molar-refractivity contribution in [3.63, 3.8) is 0 Å². The molecule has 0 amide bonds. The van der Waals surface area contributed by atoms with E-state index in [1.165, 1.54) is 12.8 Å². The molecule has 1 aliphatic rings. The van der Waals surface area contributed by atoms with Gasteiger partial charge in [-0.15, -0.1) is 0 Å². The normalized spacial score (nSPS) is 17.7. The lowest BCUT2D eigenvalue weighted by Gasteiger charge is -2.11. The molecule has 1 aliphatic carbocycles. The van der Waals surface area contributed by atoms with E-state index in [0.29, 0.717) is 11.1 Å². The molecule has 82 valence electrons. The second kappa shape index (κ2) is 4.97. The summed E-state index contributed by atoms with van der Waals surface area (Å²) in [4.78, 5) is 0. The first kappa shape index (κ1) is 10.9. The van der Waals surface area contributed by atoms with Crippen LogP contribution in [0.15, 0.2) is 24.3 Å². The van der Waals surface area contributed by atoms with E-state index in [4.69, 9.17) is 11.6 Å². The van der Waals surface area contributed by atoms with Gasteiger partial charge >= 0.3 is 0 Å². The molecule has 1 atom stereocenters. The number of halogens is 1. The average Bonchev–Trinajstić information content (AvgIpc) is 3.02. The van der Waals surface area contributed by atoms with Crippen molar-refractivity contribution in [1.29, 1.82) is 0 Å². The van der Waals surface area contributed by atoms with Crippen molar-refractivity contribution >= 4 is 11.6 Å². The highest BCUT2D eigenvalue weighted by Gasteiger charge is 2.20. The lowest BCUT2D eigenvalue weighted by Crippen LogP contribution is -2.19. The van der Waals surface area contributed by atoms with Crippen LogP contribution in [0.1, 0.15) is 30.9 Å². The summed E-state index contributed by atoms with van der Waals surface area (Å²) in [6.45, 7) is 0.883. The number of benzene rings is 1. The molecule has 1 fully saturated rings. The van der Waals surface area contributed by atoms with Crippen LogP contribution in [-0.4, -0.2) is 17.7 Å². The summed E-state index contributed by atoms with van der Waals surface area (Å²) in [5.74, 6) is 0. The highest BCUT2D eigenvalue weighted by Crippen LogP contribution is 2.21. The third kappa shape index (κ3) is 3.49. The first-order chi connectivity index (χ1) is 7.25. The molecule has 0 bridgehead atoms. The highest BCUT2D eigenvalue weighted by molar-refractivity contribution is 6.30. The van der Waals surface area contributed by atoms with Crippen LogP contribution >= 0.6 is 11.6 Å². The van der Waals surface area contributed by atoms with Crippen molar-refractivity contribution in [3.05, 3.63) is 34.9 Å². The first-order valence-corrected chi connectivity index (χ1v) is 5.80. The quantitative estimate of drug-likeness (QED) is 0.807. The van der Waals surface area contributed by atoms with E-state index in [1.807, 2.05) is 24.3 Å². The Kier molecular flexibility index (Phi) is 3.62. The summed E-state index contributed by atoms with van der Waals surface area (Å²) in [7, 11) is 0. The van der Waals surface area contributed by atoms with Gasteiger partial charge in [-0.25, -0.2) is 0 Å². The minimum atomic E-state index is -0.381. The zero-order valence-electron chi connectivity index (χ0n) is 8.62. The van der Waals surface area contributed by atoms with Gasteiger partial charge in [0.05, 0.1) is 6.10 Å². The SMILES string of the molecule is OC(CCNC1CC1)c1ccc(Cl)cc1. The first-order valence-electron chi connectivity index (χ1n) is 5.42. The van der Waals surface area contributed by atoms with Gasteiger partial charge in [-0.1, -0.05) is 23.7 Å². The molecule has 1 aromatic carbocycles. The average molecular weight is 226 g/mol. The molecular formula is C12H16ClNO. The van der Waals surface area contributed by atoms with E-state index in [1.54, 1.807) is 0 Å². The minimum absolute atomic E-state index is 0.381. The number of hydrogen-bond donors (Lipinski definition) is 2. The maximum atomic E-state index is 9.86. The zero-order chi connectivity index (χ0) is 10.7. The largest absolute Gasteiger partial charge is 0.388 e. The molecule has 0 spiro atoms. The molecule has 0 saturated heterocycles. The molecule has 0 aromatic heterocycles. The third-order valence-corrected chi connectivity index (χ3v) is 2.93. The van der Waals surface area contributed by atoms with E-state index in [-0.39, 0.29) is 6.10 Å². The lowest BCUT2D eigenvalue weighted by atomic mass is 10.1. The standard InChI is InChI=1S/C12H16ClNO/c13-10-3-1-9(2-4-10)12(15)7-8-14-11-5-6-11/h1-4,11-12,14-15H,5-8H2. The number of rotatable bonds is 5. The van der Waals surface area contributed by atoms with E-state index in [9.17, 15) is 5.11 Å². The summed E-state index contributed by atoms with van der Waals surface area (Å²) in [5.41, 5.74) is 0.942. The number of aliphatic hydroxyl groups excluding tert-OH is 1. The van der Waals surface area contributed by atoms with E-state index in [0.717, 1.165) is 18.5 Å². The van der Waals surface area contributed by atoms with Crippen molar-refractivity contribution in [1.82, 2.24) is 5.32 Å². The van der Waals surface area contributed by atoms with Gasteiger partial charge in [0, 0.05) is 11.1 Å². The van der Waals surface area contributed by atoms with E-state index in [2.05, 4.69) is 5.32 Å².